The summed E-state index contributed by atoms with van der Waals surface area (Å²) in [4.78, 5) is 14.3. The van der Waals surface area contributed by atoms with E-state index in [9.17, 15) is 4.79 Å². The molecular weight excluding hydrogens is 334 g/mol. The number of halogens is 1. The molecule has 2 aromatic rings. The Morgan fingerprint density at radius 2 is 2.00 bits per heavy atom. The molecule has 0 unspecified atom stereocenters. The molecule has 1 aliphatic heterocycles. The van der Waals surface area contributed by atoms with E-state index in [-0.39, 0.29) is 6.03 Å². The average molecular weight is 352 g/mol. The number of piperidine rings is 1. The van der Waals surface area contributed by atoms with Crippen LogP contribution in [0.5, 0.6) is 0 Å². The zero-order valence-electron chi connectivity index (χ0n) is 12.8. The summed E-state index contributed by atoms with van der Waals surface area (Å²) in [5, 5.41) is 15.7. The SMILES string of the molecule is Cc1c(Cl)cccc1NC(=O)Nc1nnc(N2CCCCC2)s1. The molecule has 0 saturated carbocycles. The number of nitrogens with one attached hydrogen (secondary N) is 2. The van der Waals surface area contributed by atoms with Crippen molar-refractivity contribution in [2.75, 3.05) is 28.6 Å². The van der Waals surface area contributed by atoms with Crippen molar-refractivity contribution in [3.8, 4) is 0 Å². The van der Waals surface area contributed by atoms with Gasteiger partial charge in [-0.15, -0.1) is 10.2 Å². The summed E-state index contributed by atoms with van der Waals surface area (Å²) < 4.78 is 0. The molecule has 2 heterocycles. The molecule has 6 nitrogen and oxygen atoms in total. The lowest BCUT2D eigenvalue weighted by Crippen LogP contribution is -2.29. The minimum absolute atomic E-state index is 0.350. The first-order chi connectivity index (χ1) is 11.1. The third-order valence-electron chi connectivity index (χ3n) is 3.78. The number of benzene rings is 1. The van der Waals surface area contributed by atoms with Gasteiger partial charge in [-0.2, -0.15) is 0 Å². The number of hydrogen-bond acceptors (Lipinski definition) is 5. The predicted octanol–water partition coefficient (Wildman–Crippen LogP) is 4.13. The highest BCUT2D eigenvalue weighted by Gasteiger charge is 2.16. The van der Waals surface area contributed by atoms with E-state index >= 15 is 0 Å². The van der Waals surface area contributed by atoms with Gasteiger partial charge in [-0.05, 0) is 43.9 Å². The van der Waals surface area contributed by atoms with Crippen LogP contribution in [0.4, 0.5) is 20.7 Å². The number of carbonyl (C=O) groups excluding carboxylic acids is 1. The maximum absolute atomic E-state index is 12.1. The number of aromatic nitrogens is 2. The fourth-order valence-corrected chi connectivity index (χ4v) is 3.44. The zero-order chi connectivity index (χ0) is 16.2. The summed E-state index contributed by atoms with van der Waals surface area (Å²) in [6.45, 7) is 3.86. The molecule has 1 saturated heterocycles. The van der Waals surface area contributed by atoms with Crippen LogP contribution in [0.1, 0.15) is 24.8 Å². The lowest BCUT2D eigenvalue weighted by molar-refractivity contribution is 0.262. The van der Waals surface area contributed by atoms with Crippen LogP contribution in [0.15, 0.2) is 18.2 Å². The van der Waals surface area contributed by atoms with Gasteiger partial charge in [-0.3, -0.25) is 5.32 Å². The van der Waals surface area contributed by atoms with Crippen molar-refractivity contribution in [3.05, 3.63) is 28.8 Å². The van der Waals surface area contributed by atoms with Gasteiger partial charge in [0.05, 0.1) is 0 Å². The summed E-state index contributed by atoms with van der Waals surface area (Å²) >= 11 is 7.44. The molecule has 1 fully saturated rings. The lowest BCUT2D eigenvalue weighted by atomic mass is 10.1. The standard InChI is InChI=1S/C15H18ClN5OS/c1-10-11(16)6-5-7-12(10)17-13(22)18-14-19-20-15(23-14)21-8-3-2-4-9-21/h5-7H,2-4,8-9H2,1H3,(H2,17,18,19,22). The Morgan fingerprint density at radius 1 is 1.22 bits per heavy atom. The topological polar surface area (TPSA) is 70.1 Å². The monoisotopic (exact) mass is 351 g/mol. The normalized spacial score (nSPS) is 14.6. The van der Waals surface area contributed by atoms with Crippen LogP contribution in [0.3, 0.4) is 0 Å². The molecule has 1 aromatic heterocycles. The average Bonchev–Trinajstić information content (AvgIpc) is 3.01. The molecule has 0 aliphatic carbocycles. The van der Waals surface area contributed by atoms with Crippen LogP contribution in [-0.4, -0.2) is 29.3 Å². The Bertz CT molecular complexity index is 699. The molecule has 23 heavy (non-hydrogen) atoms. The summed E-state index contributed by atoms with van der Waals surface area (Å²) in [5.41, 5.74) is 1.51. The Kier molecular flexibility index (Phi) is 4.97. The summed E-state index contributed by atoms with van der Waals surface area (Å²) in [7, 11) is 0. The molecule has 8 heteroatoms. The van der Waals surface area contributed by atoms with E-state index in [1.807, 2.05) is 6.92 Å². The summed E-state index contributed by atoms with van der Waals surface area (Å²) in [6.07, 6.45) is 3.62. The van der Waals surface area contributed by atoms with Crippen LogP contribution < -0.4 is 15.5 Å². The van der Waals surface area contributed by atoms with Crippen molar-refractivity contribution < 1.29 is 4.79 Å². The van der Waals surface area contributed by atoms with Crippen LogP contribution >= 0.6 is 22.9 Å². The van der Waals surface area contributed by atoms with Gasteiger partial charge in [0.15, 0.2) is 0 Å². The van der Waals surface area contributed by atoms with E-state index in [4.69, 9.17) is 11.6 Å². The maximum Gasteiger partial charge on any atom is 0.325 e. The van der Waals surface area contributed by atoms with E-state index in [0.29, 0.717) is 15.8 Å². The van der Waals surface area contributed by atoms with Crippen LogP contribution in [-0.2, 0) is 0 Å². The van der Waals surface area contributed by atoms with E-state index in [1.54, 1.807) is 18.2 Å². The smallest absolute Gasteiger partial charge is 0.325 e. The molecule has 1 aliphatic rings. The Morgan fingerprint density at radius 3 is 2.78 bits per heavy atom. The third-order valence-corrected chi connectivity index (χ3v) is 5.09. The second kappa shape index (κ2) is 7.14. The third kappa shape index (κ3) is 3.92. The van der Waals surface area contributed by atoms with Gasteiger partial charge < -0.3 is 10.2 Å². The highest BCUT2D eigenvalue weighted by Crippen LogP contribution is 2.27. The van der Waals surface area contributed by atoms with E-state index in [1.165, 1.54) is 30.6 Å². The number of anilines is 3. The largest absolute Gasteiger partial charge is 0.347 e. The quantitative estimate of drug-likeness (QED) is 0.872. The van der Waals surface area contributed by atoms with Crippen molar-refractivity contribution >= 4 is 44.9 Å². The molecule has 0 bridgehead atoms. The fraction of sp³-hybridized carbons (Fsp3) is 0.400. The zero-order valence-corrected chi connectivity index (χ0v) is 14.4. The molecular formula is C15H18ClN5OS. The van der Waals surface area contributed by atoms with E-state index in [0.717, 1.165) is 23.8 Å². The Balaban J connectivity index is 1.62. The van der Waals surface area contributed by atoms with Gasteiger partial charge >= 0.3 is 6.03 Å². The molecule has 1 aromatic carbocycles. The van der Waals surface area contributed by atoms with Crippen LogP contribution in [0, 0.1) is 6.92 Å². The predicted molar refractivity (Wildman–Crippen MR) is 94.8 cm³/mol. The van der Waals surface area contributed by atoms with Crippen LogP contribution in [0.2, 0.25) is 5.02 Å². The molecule has 0 radical (unpaired) electrons. The van der Waals surface area contributed by atoms with Crippen LogP contribution in [0.25, 0.3) is 0 Å². The van der Waals surface area contributed by atoms with Gasteiger partial charge in [0.1, 0.15) is 0 Å². The lowest BCUT2D eigenvalue weighted by Gasteiger charge is -2.25. The van der Waals surface area contributed by atoms with Crippen molar-refractivity contribution in [2.24, 2.45) is 0 Å². The first-order valence-electron chi connectivity index (χ1n) is 7.55. The maximum atomic E-state index is 12.1. The summed E-state index contributed by atoms with van der Waals surface area (Å²) in [6, 6.07) is 5.04. The Labute approximate surface area is 143 Å². The second-order valence-corrected chi connectivity index (χ2v) is 6.79. The highest BCUT2D eigenvalue weighted by atomic mass is 35.5. The first kappa shape index (κ1) is 16.0. The molecule has 0 atom stereocenters. The number of nitrogens with zero attached hydrogens (tertiary/aromatic N) is 3. The van der Waals surface area contributed by atoms with Crippen molar-refractivity contribution in [2.45, 2.75) is 26.2 Å². The first-order valence-corrected chi connectivity index (χ1v) is 8.74. The number of carbonyl (C=O) groups is 1. The summed E-state index contributed by atoms with van der Waals surface area (Å²) in [5.74, 6) is 0. The highest BCUT2D eigenvalue weighted by molar-refractivity contribution is 7.19. The molecule has 0 spiro atoms. The molecule has 2 N–H and O–H groups in total. The van der Waals surface area contributed by atoms with Gasteiger partial charge in [0.25, 0.3) is 0 Å². The fourth-order valence-electron chi connectivity index (χ4n) is 2.47. The molecule has 122 valence electrons. The Hall–Kier alpha value is -1.86. The number of urea groups is 1. The molecule has 2 amide bonds. The van der Waals surface area contributed by atoms with Crippen molar-refractivity contribution in [1.29, 1.82) is 0 Å². The van der Waals surface area contributed by atoms with Gasteiger partial charge in [0.2, 0.25) is 10.3 Å². The number of rotatable bonds is 3. The number of amides is 2. The molecule has 3 rings (SSSR count). The van der Waals surface area contributed by atoms with Gasteiger partial charge in [0, 0.05) is 23.8 Å². The van der Waals surface area contributed by atoms with E-state index < -0.39 is 0 Å². The minimum atomic E-state index is -0.350. The van der Waals surface area contributed by atoms with Gasteiger partial charge in [-0.1, -0.05) is 29.0 Å². The number of hydrogen-bond donors (Lipinski definition) is 2. The minimum Gasteiger partial charge on any atom is -0.347 e. The second-order valence-electron chi connectivity index (χ2n) is 5.43. The van der Waals surface area contributed by atoms with Crippen molar-refractivity contribution in [1.82, 2.24) is 10.2 Å². The van der Waals surface area contributed by atoms with Crippen molar-refractivity contribution in [3.63, 3.8) is 0 Å². The van der Waals surface area contributed by atoms with E-state index in [2.05, 4.69) is 25.7 Å². The van der Waals surface area contributed by atoms with Gasteiger partial charge in [-0.25, -0.2) is 4.79 Å².